The van der Waals surface area contributed by atoms with Crippen LogP contribution in [0.25, 0.3) is 0 Å². The van der Waals surface area contributed by atoms with Crippen LogP contribution in [-0.4, -0.2) is 23.8 Å². The molecule has 3 nitrogen and oxygen atoms in total. The molecule has 1 saturated carbocycles. The van der Waals surface area contributed by atoms with Crippen LogP contribution < -0.4 is 0 Å². The van der Waals surface area contributed by atoms with E-state index >= 15 is 0 Å². The normalized spacial score (nSPS) is 37.5. The molecule has 0 amide bonds. The van der Waals surface area contributed by atoms with Gasteiger partial charge in [0.15, 0.2) is 0 Å². The van der Waals surface area contributed by atoms with E-state index in [1.165, 1.54) is 7.11 Å². The first-order valence-corrected chi connectivity index (χ1v) is 4.63. The van der Waals surface area contributed by atoms with Gasteiger partial charge in [-0.2, -0.15) is 0 Å². The van der Waals surface area contributed by atoms with E-state index in [1.807, 2.05) is 13.8 Å². The third-order valence-electron chi connectivity index (χ3n) is 3.66. The molecule has 1 aliphatic carbocycles. The zero-order valence-corrected chi connectivity index (χ0v) is 8.76. The van der Waals surface area contributed by atoms with E-state index in [9.17, 15) is 9.90 Å². The van der Waals surface area contributed by atoms with Gasteiger partial charge in [0.2, 0.25) is 0 Å². The number of ether oxygens (including phenoxy) is 1. The third-order valence-corrected chi connectivity index (χ3v) is 3.66. The topological polar surface area (TPSA) is 46.5 Å². The molecular weight excluding hydrogens is 168 g/mol. The molecule has 76 valence electrons. The minimum atomic E-state index is -0.758. The number of aliphatic hydroxyl groups is 1. The molecule has 1 N–H and O–H groups in total. The van der Waals surface area contributed by atoms with E-state index in [4.69, 9.17) is 4.74 Å². The Kier molecular flexibility index (Phi) is 2.41. The lowest BCUT2D eigenvalue weighted by Crippen LogP contribution is -2.42. The number of methoxy groups -OCH3 is 1. The summed E-state index contributed by atoms with van der Waals surface area (Å²) in [6.45, 7) is 5.62. The molecule has 0 heterocycles. The molecule has 0 aliphatic heterocycles. The maximum atomic E-state index is 11.4. The van der Waals surface area contributed by atoms with E-state index < -0.39 is 5.60 Å². The second-order valence-corrected chi connectivity index (χ2v) is 4.61. The molecule has 3 heteroatoms. The monoisotopic (exact) mass is 186 g/mol. The first kappa shape index (κ1) is 10.5. The Labute approximate surface area is 79.1 Å². The first-order valence-electron chi connectivity index (χ1n) is 4.63. The number of hydrogen-bond donors (Lipinski definition) is 1. The number of carbonyl (C=O) groups is 1. The average Bonchev–Trinajstić information content (AvgIpc) is 2.22. The lowest BCUT2D eigenvalue weighted by Gasteiger charge is -2.36. The summed E-state index contributed by atoms with van der Waals surface area (Å²) in [5.74, 6) is -0.379. The van der Waals surface area contributed by atoms with Crippen LogP contribution in [-0.2, 0) is 9.53 Å². The minimum absolute atomic E-state index is 0.174. The molecule has 1 fully saturated rings. The maximum absolute atomic E-state index is 11.4. The molecule has 13 heavy (non-hydrogen) atoms. The van der Waals surface area contributed by atoms with Crippen molar-refractivity contribution >= 4 is 5.97 Å². The lowest BCUT2D eigenvalue weighted by molar-refractivity contribution is -0.152. The number of hydrogen-bond acceptors (Lipinski definition) is 3. The van der Waals surface area contributed by atoms with Gasteiger partial charge in [-0.1, -0.05) is 13.8 Å². The summed E-state index contributed by atoms with van der Waals surface area (Å²) in [4.78, 5) is 11.4. The van der Waals surface area contributed by atoms with Crippen molar-refractivity contribution in [1.29, 1.82) is 0 Å². The predicted molar refractivity (Wildman–Crippen MR) is 49.1 cm³/mol. The van der Waals surface area contributed by atoms with Gasteiger partial charge in [0.25, 0.3) is 0 Å². The van der Waals surface area contributed by atoms with Gasteiger partial charge in [-0.3, -0.25) is 4.79 Å². The van der Waals surface area contributed by atoms with Crippen molar-refractivity contribution in [1.82, 2.24) is 0 Å². The molecule has 0 aromatic rings. The summed E-state index contributed by atoms with van der Waals surface area (Å²) in [6, 6.07) is 0. The van der Waals surface area contributed by atoms with Crippen molar-refractivity contribution in [3.63, 3.8) is 0 Å². The number of rotatable bonds is 1. The Balaban J connectivity index is 2.88. The van der Waals surface area contributed by atoms with Crippen molar-refractivity contribution in [2.45, 2.75) is 39.2 Å². The minimum Gasteiger partial charge on any atom is -0.469 e. The molecule has 1 aliphatic rings. The average molecular weight is 186 g/mol. The Morgan fingerprint density at radius 3 is 2.31 bits per heavy atom. The molecule has 2 unspecified atom stereocenters. The highest BCUT2D eigenvalue weighted by molar-refractivity contribution is 5.74. The zero-order chi connectivity index (χ0) is 10.3. The van der Waals surface area contributed by atoms with Crippen molar-refractivity contribution in [2.24, 2.45) is 11.3 Å². The highest BCUT2D eigenvalue weighted by Gasteiger charge is 2.53. The fourth-order valence-electron chi connectivity index (χ4n) is 2.04. The fraction of sp³-hybridized carbons (Fsp3) is 0.900. The highest BCUT2D eigenvalue weighted by atomic mass is 16.5. The SMILES string of the molecule is COC(=O)C1CCC(C)(O)C1(C)C. The quantitative estimate of drug-likeness (QED) is 0.629. The molecule has 2 atom stereocenters. The first-order chi connectivity index (χ1) is 5.83. The highest BCUT2D eigenvalue weighted by Crippen LogP contribution is 2.50. The van der Waals surface area contributed by atoms with Crippen LogP contribution >= 0.6 is 0 Å². The summed E-state index contributed by atoms with van der Waals surface area (Å²) in [7, 11) is 1.39. The molecule has 1 rings (SSSR count). The van der Waals surface area contributed by atoms with Crippen LogP contribution in [0.15, 0.2) is 0 Å². The molecule has 0 saturated heterocycles. The summed E-state index contributed by atoms with van der Waals surface area (Å²) < 4.78 is 4.71. The van der Waals surface area contributed by atoms with Gasteiger partial charge < -0.3 is 9.84 Å². The largest absolute Gasteiger partial charge is 0.469 e. The van der Waals surface area contributed by atoms with Crippen LogP contribution in [0.2, 0.25) is 0 Å². The van der Waals surface area contributed by atoms with Gasteiger partial charge in [0, 0.05) is 5.41 Å². The second-order valence-electron chi connectivity index (χ2n) is 4.61. The Bertz CT molecular complexity index is 218. The van der Waals surface area contributed by atoms with Gasteiger partial charge in [0.05, 0.1) is 18.6 Å². The van der Waals surface area contributed by atoms with Crippen molar-refractivity contribution in [3.8, 4) is 0 Å². The second kappa shape index (κ2) is 2.98. The van der Waals surface area contributed by atoms with E-state index in [1.54, 1.807) is 6.92 Å². The van der Waals surface area contributed by atoms with Crippen molar-refractivity contribution in [2.75, 3.05) is 7.11 Å². The van der Waals surface area contributed by atoms with Gasteiger partial charge in [-0.15, -0.1) is 0 Å². The van der Waals surface area contributed by atoms with Crippen LogP contribution in [0.4, 0.5) is 0 Å². The van der Waals surface area contributed by atoms with E-state index in [0.717, 1.165) is 0 Å². The summed E-state index contributed by atoms with van der Waals surface area (Å²) in [5, 5.41) is 10.0. The molecule has 0 bridgehead atoms. The summed E-state index contributed by atoms with van der Waals surface area (Å²) in [6.07, 6.45) is 1.38. The fourth-order valence-corrected chi connectivity index (χ4v) is 2.04. The number of esters is 1. The zero-order valence-electron chi connectivity index (χ0n) is 8.76. The molecule has 0 aromatic heterocycles. The van der Waals surface area contributed by atoms with Crippen LogP contribution in [0, 0.1) is 11.3 Å². The Morgan fingerprint density at radius 1 is 1.46 bits per heavy atom. The van der Waals surface area contributed by atoms with Crippen LogP contribution in [0.3, 0.4) is 0 Å². The lowest BCUT2D eigenvalue weighted by atomic mass is 9.73. The van der Waals surface area contributed by atoms with Gasteiger partial charge in [-0.05, 0) is 19.8 Å². The number of carbonyl (C=O) groups excluding carboxylic acids is 1. The maximum Gasteiger partial charge on any atom is 0.309 e. The van der Waals surface area contributed by atoms with Crippen LogP contribution in [0.1, 0.15) is 33.6 Å². The van der Waals surface area contributed by atoms with Crippen molar-refractivity contribution < 1.29 is 14.6 Å². The third kappa shape index (κ3) is 1.46. The van der Waals surface area contributed by atoms with Gasteiger partial charge in [0.1, 0.15) is 0 Å². The predicted octanol–water partition coefficient (Wildman–Crippen LogP) is 1.35. The van der Waals surface area contributed by atoms with E-state index in [0.29, 0.717) is 12.8 Å². The Morgan fingerprint density at radius 2 is 2.00 bits per heavy atom. The molecule has 0 spiro atoms. The van der Waals surface area contributed by atoms with Gasteiger partial charge >= 0.3 is 5.97 Å². The van der Waals surface area contributed by atoms with Crippen molar-refractivity contribution in [3.05, 3.63) is 0 Å². The smallest absolute Gasteiger partial charge is 0.309 e. The van der Waals surface area contributed by atoms with E-state index in [2.05, 4.69) is 0 Å². The molecule has 0 aromatic carbocycles. The standard InChI is InChI=1S/C10H18O3/c1-9(2)7(8(11)13-4)5-6-10(9,3)12/h7,12H,5-6H2,1-4H3. The summed E-state index contributed by atoms with van der Waals surface area (Å²) >= 11 is 0. The summed E-state index contributed by atoms with van der Waals surface area (Å²) in [5.41, 5.74) is -1.15. The van der Waals surface area contributed by atoms with Gasteiger partial charge in [-0.25, -0.2) is 0 Å². The van der Waals surface area contributed by atoms with E-state index in [-0.39, 0.29) is 17.3 Å². The Hall–Kier alpha value is -0.570. The van der Waals surface area contributed by atoms with Crippen LogP contribution in [0.5, 0.6) is 0 Å². The molecular formula is C10H18O3. The molecule has 0 radical (unpaired) electrons.